The molecule has 1 aromatic carbocycles. The van der Waals surface area contributed by atoms with Crippen LogP contribution in [0, 0.1) is 0 Å². The highest BCUT2D eigenvalue weighted by molar-refractivity contribution is 9.10. The number of hydrogen-bond donors (Lipinski definition) is 2. The summed E-state index contributed by atoms with van der Waals surface area (Å²) >= 11 is 3.31. The summed E-state index contributed by atoms with van der Waals surface area (Å²) in [5.41, 5.74) is 0.389. The molecule has 0 bridgehead atoms. The van der Waals surface area contributed by atoms with Crippen LogP contribution < -0.4 is 15.4 Å². The van der Waals surface area contributed by atoms with E-state index in [4.69, 9.17) is 0 Å². The Kier molecular flexibility index (Phi) is 5.26. The van der Waals surface area contributed by atoms with Crippen LogP contribution in [-0.2, 0) is 0 Å². The van der Waals surface area contributed by atoms with E-state index < -0.39 is 6.61 Å². The number of anilines is 3. The molecule has 0 aliphatic rings. The van der Waals surface area contributed by atoms with E-state index in [0.717, 1.165) is 0 Å². The number of nitrogens with one attached hydrogen (secondary N) is 2. The molecular weight excluding hydrogens is 346 g/mol. The van der Waals surface area contributed by atoms with Gasteiger partial charge < -0.3 is 15.4 Å². The summed E-state index contributed by atoms with van der Waals surface area (Å²) in [5.74, 6) is 0.935. The highest BCUT2D eigenvalue weighted by Gasteiger charge is 2.11. The maximum absolute atomic E-state index is 12.4. The molecule has 2 rings (SSSR count). The number of nitrogens with zero attached hydrogens (tertiary/aromatic N) is 2. The first kappa shape index (κ1) is 15.4. The van der Waals surface area contributed by atoms with Gasteiger partial charge in [-0.3, -0.25) is 0 Å². The summed E-state index contributed by atoms with van der Waals surface area (Å²) in [5, 5.41) is 5.92. The fraction of sp³-hybridized carbons (Fsp3) is 0.231. The molecule has 1 heterocycles. The summed E-state index contributed by atoms with van der Waals surface area (Å²) in [7, 11) is 0. The second-order valence-corrected chi connectivity index (χ2v) is 4.77. The number of para-hydroxylation sites is 2. The van der Waals surface area contributed by atoms with Crippen LogP contribution in [0.2, 0.25) is 0 Å². The van der Waals surface area contributed by atoms with Crippen molar-refractivity contribution in [2.24, 2.45) is 0 Å². The molecule has 0 aliphatic heterocycles. The van der Waals surface area contributed by atoms with Crippen LogP contribution in [0.25, 0.3) is 0 Å². The second kappa shape index (κ2) is 7.16. The van der Waals surface area contributed by atoms with E-state index in [1.165, 1.54) is 6.07 Å². The van der Waals surface area contributed by atoms with Crippen molar-refractivity contribution < 1.29 is 13.5 Å². The molecule has 0 atom stereocenters. The van der Waals surface area contributed by atoms with Crippen molar-refractivity contribution >= 4 is 33.4 Å². The van der Waals surface area contributed by atoms with E-state index in [0.29, 0.717) is 28.5 Å². The third kappa shape index (κ3) is 4.25. The molecule has 8 heteroatoms. The molecule has 5 nitrogen and oxygen atoms in total. The van der Waals surface area contributed by atoms with Crippen LogP contribution in [0.4, 0.5) is 26.2 Å². The molecule has 0 unspecified atom stereocenters. The zero-order valence-corrected chi connectivity index (χ0v) is 12.7. The molecule has 0 saturated heterocycles. The Labute approximate surface area is 128 Å². The van der Waals surface area contributed by atoms with Crippen molar-refractivity contribution in [2.75, 3.05) is 17.2 Å². The molecule has 0 saturated carbocycles. The fourth-order valence-corrected chi connectivity index (χ4v) is 1.88. The number of aromatic nitrogens is 2. The Morgan fingerprint density at radius 1 is 1.33 bits per heavy atom. The molecule has 2 N–H and O–H groups in total. The van der Waals surface area contributed by atoms with Crippen LogP contribution in [0.1, 0.15) is 6.92 Å². The van der Waals surface area contributed by atoms with Gasteiger partial charge in [0.1, 0.15) is 11.6 Å². The van der Waals surface area contributed by atoms with Gasteiger partial charge in [0.2, 0.25) is 5.95 Å². The lowest BCUT2D eigenvalue weighted by Gasteiger charge is -2.13. The van der Waals surface area contributed by atoms with Crippen molar-refractivity contribution in [1.29, 1.82) is 0 Å². The number of benzene rings is 1. The smallest absolute Gasteiger partial charge is 0.387 e. The summed E-state index contributed by atoms with van der Waals surface area (Å²) in [6.07, 6.45) is 1.57. The number of ether oxygens (including phenoxy) is 1. The topological polar surface area (TPSA) is 59.1 Å². The van der Waals surface area contributed by atoms with Gasteiger partial charge in [-0.05, 0) is 35.0 Å². The molecule has 21 heavy (non-hydrogen) atoms. The minimum atomic E-state index is -2.89. The van der Waals surface area contributed by atoms with Gasteiger partial charge in [0.15, 0.2) is 0 Å². The number of hydrogen-bond acceptors (Lipinski definition) is 5. The second-order valence-electron chi connectivity index (χ2n) is 3.92. The van der Waals surface area contributed by atoms with Gasteiger partial charge >= 0.3 is 6.61 Å². The molecule has 0 amide bonds. The average molecular weight is 359 g/mol. The van der Waals surface area contributed by atoms with E-state index in [-0.39, 0.29) is 5.75 Å². The first-order valence-corrected chi connectivity index (χ1v) is 6.96. The van der Waals surface area contributed by atoms with Crippen LogP contribution in [0.5, 0.6) is 5.75 Å². The molecule has 0 radical (unpaired) electrons. The van der Waals surface area contributed by atoms with Crippen LogP contribution >= 0.6 is 15.9 Å². The molecule has 0 spiro atoms. The first-order valence-electron chi connectivity index (χ1n) is 6.17. The van der Waals surface area contributed by atoms with E-state index in [1.54, 1.807) is 24.4 Å². The van der Waals surface area contributed by atoms with Crippen LogP contribution in [0.15, 0.2) is 34.9 Å². The SMILES string of the molecule is CCNc1ncc(Br)c(Nc2ccccc2OC(F)F)n1. The normalized spacial score (nSPS) is 10.5. The van der Waals surface area contributed by atoms with Gasteiger partial charge in [0, 0.05) is 12.7 Å². The van der Waals surface area contributed by atoms with Crippen molar-refractivity contribution in [2.45, 2.75) is 13.5 Å². The van der Waals surface area contributed by atoms with Crippen molar-refractivity contribution in [1.82, 2.24) is 9.97 Å². The summed E-state index contributed by atoms with van der Waals surface area (Å²) in [4.78, 5) is 8.34. The number of alkyl halides is 2. The van der Waals surface area contributed by atoms with Gasteiger partial charge in [-0.15, -0.1) is 0 Å². The standard InChI is InChI=1S/C13H13BrF2N4O/c1-2-17-13-18-7-8(14)11(20-13)19-9-5-3-4-6-10(9)21-12(15)16/h3-7,12H,2H2,1H3,(H2,17,18,19,20). The van der Waals surface area contributed by atoms with Gasteiger partial charge in [0.25, 0.3) is 0 Å². The van der Waals surface area contributed by atoms with E-state index in [9.17, 15) is 8.78 Å². The lowest BCUT2D eigenvalue weighted by atomic mass is 10.3. The largest absolute Gasteiger partial charge is 0.433 e. The Morgan fingerprint density at radius 3 is 2.81 bits per heavy atom. The van der Waals surface area contributed by atoms with E-state index in [1.807, 2.05) is 6.92 Å². The Bertz CT molecular complexity index is 612. The zero-order chi connectivity index (χ0) is 15.2. The Balaban J connectivity index is 2.27. The van der Waals surface area contributed by atoms with Crippen molar-refractivity contribution in [3.05, 3.63) is 34.9 Å². The minimum absolute atomic E-state index is 0.0445. The van der Waals surface area contributed by atoms with Crippen molar-refractivity contribution in [3.63, 3.8) is 0 Å². The maximum atomic E-state index is 12.4. The summed E-state index contributed by atoms with van der Waals surface area (Å²) < 4.78 is 29.8. The van der Waals surface area contributed by atoms with Gasteiger partial charge in [0.05, 0.1) is 10.2 Å². The Morgan fingerprint density at radius 2 is 2.10 bits per heavy atom. The quantitative estimate of drug-likeness (QED) is 0.816. The molecular formula is C13H13BrF2N4O. The summed E-state index contributed by atoms with van der Waals surface area (Å²) in [6, 6.07) is 6.40. The first-order chi connectivity index (χ1) is 10.1. The lowest BCUT2D eigenvalue weighted by Crippen LogP contribution is -2.07. The number of halogens is 3. The minimum Gasteiger partial charge on any atom is -0.433 e. The van der Waals surface area contributed by atoms with Gasteiger partial charge in [-0.25, -0.2) is 4.98 Å². The highest BCUT2D eigenvalue weighted by atomic mass is 79.9. The summed E-state index contributed by atoms with van der Waals surface area (Å²) in [6.45, 7) is -0.296. The zero-order valence-electron chi connectivity index (χ0n) is 11.1. The predicted octanol–water partition coefficient (Wildman–Crippen LogP) is 4.02. The molecule has 0 aliphatic carbocycles. The van der Waals surface area contributed by atoms with Crippen LogP contribution in [-0.4, -0.2) is 23.1 Å². The van der Waals surface area contributed by atoms with Crippen molar-refractivity contribution in [3.8, 4) is 5.75 Å². The third-order valence-electron chi connectivity index (χ3n) is 2.44. The lowest BCUT2D eigenvalue weighted by molar-refractivity contribution is -0.0493. The van der Waals surface area contributed by atoms with Crippen LogP contribution in [0.3, 0.4) is 0 Å². The monoisotopic (exact) mass is 358 g/mol. The fourth-order valence-electron chi connectivity index (χ4n) is 1.59. The van der Waals surface area contributed by atoms with Gasteiger partial charge in [-0.2, -0.15) is 13.8 Å². The highest BCUT2D eigenvalue weighted by Crippen LogP contribution is 2.31. The average Bonchev–Trinajstić information content (AvgIpc) is 2.44. The van der Waals surface area contributed by atoms with E-state index in [2.05, 4.69) is 41.3 Å². The molecule has 1 aromatic heterocycles. The van der Waals surface area contributed by atoms with Gasteiger partial charge in [-0.1, -0.05) is 12.1 Å². The maximum Gasteiger partial charge on any atom is 0.387 e. The molecule has 2 aromatic rings. The third-order valence-corrected chi connectivity index (χ3v) is 3.02. The number of rotatable bonds is 6. The van der Waals surface area contributed by atoms with E-state index >= 15 is 0 Å². The molecule has 112 valence electrons. The molecule has 0 fully saturated rings. The Hall–Kier alpha value is -1.96. The predicted molar refractivity (Wildman–Crippen MR) is 80.3 cm³/mol.